The molecule has 0 radical (unpaired) electrons. The molecule has 12 heteroatoms. The normalized spacial score (nSPS) is 22.5. The predicted molar refractivity (Wildman–Crippen MR) is 186 cm³/mol. The Morgan fingerprint density at radius 3 is 2.48 bits per heavy atom. The number of ether oxygens (including phenoxy) is 3. The molecular formula is C36H52N3O8S-. The number of carbonyl (C=O) groups is 4. The topological polar surface area (TPSA) is 147 Å². The Balaban J connectivity index is 0.00000369. The van der Waals surface area contributed by atoms with Crippen molar-refractivity contribution in [1.29, 1.82) is 0 Å². The summed E-state index contributed by atoms with van der Waals surface area (Å²) in [6, 6.07) is -0.857. The number of cyclic esters (lactones) is 2. The molecule has 2 heterocycles. The number of thiazole rings is 1. The minimum Gasteiger partial charge on any atom is -0.554 e. The average molecular weight is 687 g/mol. The van der Waals surface area contributed by atoms with Gasteiger partial charge in [0.25, 0.3) is 0 Å². The molecule has 0 fully saturated rings. The highest BCUT2D eigenvalue weighted by Gasteiger charge is 2.27. The maximum Gasteiger partial charge on any atom is 0.408 e. The molecule has 2 bridgehead atoms. The number of hydrogen-bond donors (Lipinski definition) is 1. The Morgan fingerprint density at radius 2 is 1.83 bits per heavy atom. The summed E-state index contributed by atoms with van der Waals surface area (Å²) in [5.74, 6) is -0.969. The summed E-state index contributed by atoms with van der Waals surface area (Å²) in [5, 5.41) is 13.8. The van der Waals surface area contributed by atoms with Crippen LogP contribution in [0.3, 0.4) is 0 Å². The van der Waals surface area contributed by atoms with Crippen LogP contribution in [0, 0.1) is 0 Å². The Kier molecular flexibility index (Phi) is 19.0. The summed E-state index contributed by atoms with van der Waals surface area (Å²) in [6.07, 6.45) is 13.9. The monoisotopic (exact) mass is 686 g/mol. The van der Waals surface area contributed by atoms with Crippen LogP contribution < -0.4 is 10.4 Å². The van der Waals surface area contributed by atoms with E-state index in [4.69, 9.17) is 29.1 Å². The van der Waals surface area contributed by atoms with Crippen molar-refractivity contribution in [2.75, 3.05) is 20.6 Å². The first-order valence-corrected chi connectivity index (χ1v) is 16.8. The van der Waals surface area contributed by atoms with E-state index in [0.29, 0.717) is 32.1 Å². The predicted octanol–water partition coefficient (Wildman–Crippen LogP) is 5.03. The highest BCUT2D eigenvalue weighted by molar-refractivity contribution is 7.09. The molecule has 0 saturated carbocycles. The summed E-state index contributed by atoms with van der Waals surface area (Å²) in [6.45, 7) is 13.4. The van der Waals surface area contributed by atoms with E-state index < -0.39 is 48.4 Å². The van der Waals surface area contributed by atoms with Crippen molar-refractivity contribution in [3.8, 4) is 0 Å². The number of alkyl carbamates (subject to hydrolysis) is 1. The van der Waals surface area contributed by atoms with E-state index in [-0.39, 0.29) is 0 Å². The number of amides is 1. The first-order valence-electron chi connectivity index (χ1n) is 15.9. The van der Waals surface area contributed by atoms with Gasteiger partial charge in [0, 0.05) is 37.3 Å². The molecule has 1 aromatic rings. The van der Waals surface area contributed by atoms with Crippen LogP contribution in [0.5, 0.6) is 0 Å². The van der Waals surface area contributed by atoms with Gasteiger partial charge in [0.15, 0.2) is 0 Å². The van der Waals surface area contributed by atoms with Gasteiger partial charge in [-0.05, 0) is 87.9 Å². The van der Waals surface area contributed by atoms with Crippen molar-refractivity contribution in [1.82, 2.24) is 15.2 Å². The lowest BCUT2D eigenvalue weighted by molar-refractivity contribution is -0.283. The summed E-state index contributed by atoms with van der Waals surface area (Å²) in [5.41, 5.74) is 3.21. The minimum atomic E-state index is -0.857. The first kappa shape index (κ1) is 42.0. The van der Waals surface area contributed by atoms with Crippen LogP contribution in [0.2, 0.25) is 0 Å². The first-order chi connectivity index (χ1) is 22.5. The third-order valence-electron chi connectivity index (χ3n) is 6.52. The summed E-state index contributed by atoms with van der Waals surface area (Å²) in [7, 11) is 4.06. The number of fused-ring (bicyclic) bond motifs is 2. The Morgan fingerprint density at radius 1 is 1.17 bits per heavy atom. The zero-order chi connectivity index (χ0) is 36.3. The number of rotatable bonds is 6. The van der Waals surface area contributed by atoms with E-state index in [9.17, 15) is 14.4 Å². The van der Waals surface area contributed by atoms with E-state index in [0.717, 1.165) is 34.0 Å². The maximum atomic E-state index is 13.1. The number of carboxylic acid groups (broad SMARTS) is 1. The summed E-state index contributed by atoms with van der Waals surface area (Å²) in [4.78, 5) is 53.5. The van der Waals surface area contributed by atoms with Crippen molar-refractivity contribution in [3.05, 3.63) is 75.3 Å². The van der Waals surface area contributed by atoms with Gasteiger partial charge >= 0.3 is 18.0 Å². The van der Waals surface area contributed by atoms with Gasteiger partial charge in [-0.3, -0.25) is 0 Å². The van der Waals surface area contributed by atoms with Gasteiger partial charge in [0.2, 0.25) is 0 Å². The molecule has 1 aliphatic heterocycles. The lowest BCUT2D eigenvalue weighted by Crippen LogP contribution is -2.45. The quantitative estimate of drug-likeness (QED) is 0.187. The SMILES string of the molecule is CC(/C=C/C(C)=C/[C@@H]1Cc2nc(cs2)CCC[C@H](NC(=O)OC(C)(C)C)C(=O)O[C@@H](C)C/C(C)=C/C=C\C(=O)O1)=C\CN(C)C.O=C[O-]. The molecule has 48 heavy (non-hydrogen) atoms. The number of nitrogens with zero attached hydrogens (tertiary/aromatic N) is 2. The highest BCUT2D eigenvalue weighted by atomic mass is 32.1. The summed E-state index contributed by atoms with van der Waals surface area (Å²) < 4.78 is 16.9. The average Bonchev–Trinajstić information content (AvgIpc) is 3.40. The molecule has 0 unspecified atom stereocenters. The van der Waals surface area contributed by atoms with Gasteiger partial charge in [0.1, 0.15) is 23.9 Å². The van der Waals surface area contributed by atoms with E-state index in [2.05, 4.69) is 29.3 Å². The molecular weight excluding hydrogens is 634 g/mol. The Labute approximate surface area is 289 Å². The third-order valence-corrected chi connectivity index (χ3v) is 7.44. The number of aromatic nitrogens is 1. The number of allylic oxidation sites excluding steroid dienone is 6. The number of esters is 2. The van der Waals surface area contributed by atoms with Crippen molar-refractivity contribution in [2.24, 2.45) is 0 Å². The van der Waals surface area contributed by atoms with Gasteiger partial charge in [-0.15, -0.1) is 11.3 Å². The Hall–Kier alpha value is -4.03. The number of likely N-dealkylation sites (N-methyl/N-ethyl adjacent to an activating group) is 1. The molecule has 1 aliphatic rings. The fourth-order valence-corrected chi connectivity index (χ4v) is 5.25. The van der Waals surface area contributed by atoms with E-state index in [1.807, 2.05) is 45.5 Å². The van der Waals surface area contributed by atoms with Crippen LogP contribution in [0.4, 0.5) is 4.79 Å². The lowest BCUT2D eigenvalue weighted by Gasteiger charge is -2.24. The van der Waals surface area contributed by atoms with Crippen LogP contribution in [-0.2, 0) is 41.4 Å². The highest BCUT2D eigenvalue weighted by Crippen LogP contribution is 2.19. The smallest absolute Gasteiger partial charge is 0.408 e. The second-order valence-electron chi connectivity index (χ2n) is 12.9. The molecule has 2 rings (SSSR count). The van der Waals surface area contributed by atoms with Crippen molar-refractivity contribution >= 4 is 35.8 Å². The molecule has 0 aromatic carbocycles. The van der Waals surface area contributed by atoms with Crippen LogP contribution in [0.25, 0.3) is 0 Å². The molecule has 1 amide bonds. The van der Waals surface area contributed by atoms with Crippen LogP contribution in [0.1, 0.15) is 78.4 Å². The summed E-state index contributed by atoms with van der Waals surface area (Å²) >= 11 is 1.51. The van der Waals surface area contributed by atoms with E-state index in [1.165, 1.54) is 17.4 Å². The zero-order valence-corrected chi connectivity index (χ0v) is 30.6. The second-order valence-corrected chi connectivity index (χ2v) is 13.8. The third kappa shape index (κ3) is 19.6. The number of aryl methyl sites for hydroxylation is 1. The van der Waals surface area contributed by atoms with Crippen molar-refractivity contribution in [2.45, 2.75) is 104 Å². The molecule has 1 N–H and O–H groups in total. The van der Waals surface area contributed by atoms with Crippen LogP contribution >= 0.6 is 11.3 Å². The lowest BCUT2D eigenvalue weighted by atomic mass is 10.1. The number of carbonyl (C=O) groups excluding carboxylic acids is 4. The molecule has 0 aliphatic carbocycles. The molecule has 0 saturated heterocycles. The molecule has 3 atom stereocenters. The molecule has 11 nitrogen and oxygen atoms in total. The van der Waals surface area contributed by atoms with Crippen molar-refractivity contribution < 1.29 is 38.5 Å². The van der Waals surface area contributed by atoms with Gasteiger partial charge < -0.3 is 34.3 Å². The van der Waals surface area contributed by atoms with Gasteiger partial charge in [-0.2, -0.15) is 0 Å². The van der Waals surface area contributed by atoms with Crippen LogP contribution in [-0.4, -0.2) is 78.9 Å². The maximum absolute atomic E-state index is 13.1. The van der Waals surface area contributed by atoms with Crippen molar-refractivity contribution in [3.63, 3.8) is 0 Å². The van der Waals surface area contributed by atoms with E-state index in [1.54, 1.807) is 39.8 Å². The fourth-order valence-electron chi connectivity index (χ4n) is 4.38. The van der Waals surface area contributed by atoms with Crippen LogP contribution in [0.15, 0.2) is 64.6 Å². The zero-order valence-electron chi connectivity index (χ0n) is 29.7. The van der Waals surface area contributed by atoms with E-state index >= 15 is 0 Å². The molecule has 0 spiro atoms. The number of hydrogen-bond acceptors (Lipinski definition) is 11. The Bertz CT molecular complexity index is 1350. The molecule has 1 aromatic heterocycles. The molecule has 266 valence electrons. The fraction of sp³-hybridized carbons (Fsp3) is 0.528. The standard InChI is InChI=1S/C35H51N3O6S.CH2O2/c1-24(18-19-38(8)9)16-17-26(3)21-29-22-31-36-28(23-45-31)13-11-14-30(37-34(41)44-35(5,6)7)33(40)42-27(4)20-25(2)12-10-15-32(39)43-29;2-1-3/h10,12,15-18,21,23,27,29-30H,11,13-14,19-20,22H2,1-9H3,(H,37,41);1H,(H,2,3)/p-1/b15-10-,17-16+,24-18+,25-12+,26-21+;/t27-,29+,30-;/m0./s1. The second kappa shape index (κ2) is 21.8. The largest absolute Gasteiger partial charge is 0.554 e. The van der Waals surface area contributed by atoms with Gasteiger partial charge in [0.05, 0.1) is 10.7 Å². The van der Waals surface area contributed by atoms with Gasteiger partial charge in [-0.25, -0.2) is 19.4 Å². The number of nitrogens with one attached hydrogen (secondary N) is 1. The van der Waals surface area contributed by atoms with Gasteiger partial charge in [-0.1, -0.05) is 47.1 Å². The minimum absolute atomic E-state index is 0.367.